The Kier molecular flexibility index (Phi) is 5.85. The number of carbonyl (C=O) groups excluding carboxylic acids is 1. The molecule has 5 heteroatoms. The van der Waals surface area contributed by atoms with E-state index in [1.165, 1.54) is 13.5 Å². The normalized spacial score (nSPS) is 14.1. The third-order valence-corrected chi connectivity index (χ3v) is 5.66. The Hall–Kier alpha value is -3.52. The van der Waals surface area contributed by atoms with Crippen LogP contribution in [0.15, 0.2) is 60.7 Å². The first kappa shape index (κ1) is 19.8. The van der Waals surface area contributed by atoms with Crippen LogP contribution in [-0.4, -0.2) is 23.6 Å². The van der Waals surface area contributed by atoms with Crippen molar-refractivity contribution in [3.8, 4) is 28.8 Å². The summed E-state index contributed by atoms with van der Waals surface area (Å²) in [4.78, 5) is 13.6. The second kappa shape index (κ2) is 8.87. The largest absolute Gasteiger partial charge is 0.481 e. The molecule has 1 fully saturated rings. The Balaban J connectivity index is 1.94. The number of nitrogens with zero attached hydrogens (tertiary/aromatic N) is 2. The molecule has 1 heterocycles. The van der Waals surface area contributed by atoms with E-state index >= 15 is 0 Å². The first-order chi connectivity index (χ1) is 14.7. The predicted molar refractivity (Wildman–Crippen MR) is 117 cm³/mol. The van der Waals surface area contributed by atoms with Gasteiger partial charge in [0.1, 0.15) is 17.3 Å². The van der Waals surface area contributed by atoms with Crippen LogP contribution in [0.3, 0.4) is 0 Å². The van der Waals surface area contributed by atoms with Gasteiger partial charge in [-0.25, -0.2) is 0 Å². The molecule has 0 spiro atoms. The van der Waals surface area contributed by atoms with Crippen molar-refractivity contribution in [3.63, 3.8) is 0 Å². The molecule has 0 aliphatic heterocycles. The smallest absolute Gasteiger partial charge is 0.269 e. The van der Waals surface area contributed by atoms with Gasteiger partial charge in [-0.05, 0) is 30.5 Å². The molecule has 1 amide bonds. The number of para-hydroxylation sites is 1. The average molecular weight is 399 g/mol. The van der Waals surface area contributed by atoms with Gasteiger partial charge in [0.05, 0.1) is 7.11 Å². The minimum atomic E-state index is -0.176. The van der Waals surface area contributed by atoms with Crippen LogP contribution in [-0.2, 0) is 0 Å². The Bertz CT molecular complexity index is 1060. The summed E-state index contributed by atoms with van der Waals surface area (Å²) in [6, 6.07) is 21.6. The van der Waals surface area contributed by atoms with Gasteiger partial charge in [-0.2, -0.15) is 5.26 Å². The van der Waals surface area contributed by atoms with Gasteiger partial charge in [-0.15, -0.1) is 0 Å². The zero-order chi connectivity index (χ0) is 20.9. The van der Waals surface area contributed by atoms with Crippen LogP contribution < -0.4 is 10.1 Å². The molecule has 152 valence electrons. The molecule has 0 bridgehead atoms. The van der Waals surface area contributed by atoms with Crippen LogP contribution in [0.4, 0.5) is 0 Å². The van der Waals surface area contributed by atoms with Crippen molar-refractivity contribution >= 4 is 5.91 Å². The second-order valence-electron chi connectivity index (χ2n) is 7.57. The molecule has 1 N–H and O–H groups in total. The first-order valence-electron chi connectivity index (χ1n) is 10.4. The second-order valence-corrected chi connectivity index (χ2v) is 7.57. The number of nitrogens with one attached hydrogen (secondary N) is 1. The molecule has 0 radical (unpaired) electrons. The Morgan fingerprint density at radius 3 is 2.27 bits per heavy atom. The highest BCUT2D eigenvalue weighted by molar-refractivity contribution is 6.03. The van der Waals surface area contributed by atoms with Crippen LogP contribution in [0, 0.1) is 11.3 Å². The molecular formula is C25H25N3O2. The predicted octanol–water partition coefficient (Wildman–Crippen LogP) is 5.09. The molecule has 1 aromatic heterocycles. The molecule has 1 saturated carbocycles. The number of benzene rings is 2. The lowest BCUT2D eigenvalue weighted by atomic mass is 9.95. The lowest BCUT2D eigenvalue weighted by Crippen LogP contribution is -2.37. The molecule has 30 heavy (non-hydrogen) atoms. The van der Waals surface area contributed by atoms with Crippen molar-refractivity contribution < 1.29 is 9.53 Å². The van der Waals surface area contributed by atoms with E-state index in [0.717, 1.165) is 36.9 Å². The maximum Gasteiger partial charge on any atom is 0.269 e. The van der Waals surface area contributed by atoms with Crippen molar-refractivity contribution in [1.29, 1.82) is 5.26 Å². The van der Waals surface area contributed by atoms with Gasteiger partial charge in [-0.1, -0.05) is 67.8 Å². The number of hydrogen-bond donors (Lipinski definition) is 1. The van der Waals surface area contributed by atoms with E-state index in [1.807, 2.05) is 60.7 Å². The maximum absolute atomic E-state index is 13.6. The van der Waals surface area contributed by atoms with E-state index in [0.29, 0.717) is 22.7 Å². The average Bonchev–Trinajstić information content (AvgIpc) is 3.15. The van der Waals surface area contributed by atoms with Crippen LogP contribution in [0.5, 0.6) is 5.88 Å². The Labute approximate surface area is 176 Å². The molecule has 0 saturated heterocycles. The monoisotopic (exact) mass is 399 g/mol. The molecule has 1 aliphatic carbocycles. The number of nitriles is 1. The lowest BCUT2D eigenvalue weighted by Gasteiger charge is -2.23. The minimum Gasteiger partial charge on any atom is -0.481 e. The molecule has 1 aliphatic rings. The number of amides is 1. The quantitative estimate of drug-likeness (QED) is 0.650. The number of rotatable bonds is 5. The van der Waals surface area contributed by atoms with Crippen molar-refractivity contribution in [2.24, 2.45) is 0 Å². The highest BCUT2D eigenvalue weighted by Crippen LogP contribution is 2.39. The molecule has 2 aromatic carbocycles. The van der Waals surface area contributed by atoms with E-state index in [9.17, 15) is 10.1 Å². The third-order valence-electron chi connectivity index (χ3n) is 5.66. The number of ether oxygens (including phenoxy) is 1. The molecule has 5 nitrogen and oxygen atoms in total. The minimum absolute atomic E-state index is 0.158. The van der Waals surface area contributed by atoms with Crippen molar-refractivity contribution in [2.45, 2.75) is 38.1 Å². The number of carbonyl (C=O) groups is 1. The van der Waals surface area contributed by atoms with E-state index in [-0.39, 0.29) is 11.9 Å². The van der Waals surface area contributed by atoms with E-state index in [1.54, 1.807) is 4.57 Å². The van der Waals surface area contributed by atoms with Gasteiger partial charge in [0.2, 0.25) is 5.88 Å². The molecule has 0 atom stereocenters. The fourth-order valence-electron chi connectivity index (χ4n) is 4.27. The summed E-state index contributed by atoms with van der Waals surface area (Å²) in [5.41, 5.74) is 3.00. The molecule has 3 aromatic rings. The maximum atomic E-state index is 13.6. The highest BCUT2D eigenvalue weighted by Gasteiger charge is 2.31. The summed E-state index contributed by atoms with van der Waals surface area (Å²) in [5, 5.41) is 13.2. The van der Waals surface area contributed by atoms with Gasteiger partial charge in [0, 0.05) is 17.3 Å². The van der Waals surface area contributed by atoms with Gasteiger partial charge in [0.15, 0.2) is 0 Å². The summed E-state index contributed by atoms with van der Waals surface area (Å²) in [6.07, 6.45) is 5.45. The molecule has 4 rings (SSSR count). The summed E-state index contributed by atoms with van der Waals surface area (Å²) in [6.45, 7) is 0. The van der Waals surface area contributed by atoms with E-state index in [2.05, 4.69) is 11.4 Å². The van der Waals surface area contributed by atoms with Gasteiger partial charge in [-0.3, -0.25) is 9.36 Å². The first-order valence-corrected chi connectivity index (χ1v) is 10.4. The summed E-state index contributed by atoms with van der Waals surface area (Å²) < 4.78 is 7.43. The Morgan fingerprint density at radius 2 is 1.67 bits per heavy atom. The SMILES string of the molecule is COc1c(C#N)c(-c2ccccc2)c(C(=O)NC2CCCCC2)n1-c1ccccc1. The van der Waals surface area contributed by atoms with Crippen LogP contribution in [0.25, 0.3) is 16.8 Å². The van der Waals surface area contributed by atoms with E-state index < -0.39 is 0 Å². The van der Waals surface area contributed by atoms with Gasteiger partial charge < -0.3 is 10.1 Å². The number of hydrogen-bond acceptors (Lipinski definition) is 3. The summed E-state index contributed by atoms with van der Waals surface area (Å²) in [5.74, 6) is 0.195. The third kappa shape index (κ3) is 3.69. The fourth-order valence-corrected chi connectivity index (χ4v) is 4.27. The van der Waals surface area contributed by atoms with Crippen LogP contribution in [0.1, 0.15) is 48.2 Å². The Morgan fingerprint density at radius 1 is 1.03 bits per heavy atom. The standard InChI is InChI=1S/C25H25N3O2/c1-30-25-21(17-26)22(18-11-5-2-6-12-18)23(28(25)20-15-9-4-10-16-20)24(29)27-19-13-7-3-8-14-19/h2,4-6,9-12,15-16,19H,3,7-8,13-14H2,1H3,(H,27,29). The van der Waals surface area contributed by atoms with Gasteiger partial charge in [0.25, 0.3) is 5.91 Å². The van der Waals surface area contributed by atoms with Crippen LogP contribution in [0.2, 0.25) is 0 Å². The topological polar surface area (TPSA) is 67.0 Å². The number of aromatic nitrogens is 1. The van der Waals surface area contributed by atoms with Crippen LogP contribution >= 0.6 is 0 Å². The van der Waals surface area contributed by atoms with Crippen molar-refractivity contribution in [3.05, 3.63) is 71.9 Å². The van der Waals surface area contributed by atoms with E-state index in [4.69, 9.17) is 4.74 Å². The van der Waals surface area contributed by atoms with Crippen molar-refractivity contribution in [2.75, 3.05) is 7.11 Å². The molecular weight excluding hydrogens is 374 g/mol. The zero-order valence-electron chi connectivity index (χ0n) is 17.1. The highest BCUT2D eigenvalue weighted by atomic mass is 16.5. The van der Waals surface area contributed by atoms with Crippen molar-refractivity contribution in [1.82, 2.24) is 9.88 Å². The zero-order valence-corrected chi connectivity index (χ0v) is 17.1. The molecule has 0 unspecified atom stereocenters. The van der Waals surface area contributed by atoms with Gasteiger partial charge >= 0.3 is 0 Å². The number of methoxy groups -OCH3 is 1. The summed E-state index contributed by atoms with van der Waals surface area (Å²) in [7, 11) is 1.53. The fraction of sp³-hybridized carbons (Fsp3) is 0.280. The lowest BCUT2D eigenvalue weighted by molar-refractivity contribution is 0.0920. The summed E-state index contributed by atoms with van der Waals surface area (Å²) >= 11 is 0.